The standard InChI is InChI=1S/C15H23NO3/c1-11-10-19-12(2)8-16(11)9-15(17)13-4-6-14(18-3)7-5-13/h4-7,11-12,15,17H,8-10H2,1-3H3. The van der Waals surface area contributed by atoms with Gasteiger partial charge in [0.1, 0.15) is 5.75 Å². The second kappa shape index (κ2) is 6.37. The highest BCUT2D eigenvalue weighted by Crippen LogP contribution is 2.21. The van der Waals surface area contributed by atoms with Crippen LogP contribution in [0.3, 0.4) is 0 Å². The van der Waals surface area contributed by atoms with E-state index in [2.05, 4.69) is 18.7 Å². The van der Waals surface area contributed by atoms with E-state index >= 15 is 0 Å². The molecule has 1 heterocycles. The molecule has 1 N–H and O–H groups in total. The van der Waals surface area contributed by atoms with E-state index < -0.39 is 6.10 Å². The van der Waals surface area contributed by atoms with Gasteiger partial charge in [0.2, 0.25) is 0 Å². The van der Waals surface area contributed by atoms with Gasteiger partial charge in [0, 0.05) is 19.1 Å². The SMILES string of the molecule is COc1ccc(C(O)CN2CC(C)OCC2C)cc1. The van der Waals surface area contributed by atoms with Crippen molar-refractivity contribution >= 4 is 0 Å². The van der Waals surface area contributed by atoms with Gasteiger partial charge in [0.25, 0.3) is 0 Å². The maximum Gasteiger partial charge on any atom is 0.118 e. The van der Waals surface area contributed by atoms with Crippen LogP contribution in [0.2, 0.25) is 0 Å². The van der Waals surface area contributed by atoms with Crippen molar-refractivity contribution in [1.29, 1.82) is 0 Å². The van der Waals surface area contributed by atoms with Crippen LogP contribution in [0, 0.1) is 0 Å². The van der Waals surface area contributed by atoms with Gasteiger partial charge in [-0.05, 0) is 31.5 Å². The van der Waals surface area contributed by atoms with Gasteiger partial charge in [-0.15, -0.1) is 0 Å². The number of morpholine rings is 1. The van der Waals surface area contributed by atoms with Crippen LogP contribution in [-0.2, 0) is 4.74 Å². The van der Waals surface area contributed by atoms with Crippen LogP contribution >= 0.6 is 0 Å². The maximum absolute atomic E-state index is 10.3. The monoisotopic (exact) mass is 265 g/mol. The number of β-amino-alcohol motifs (C(OH)–C–C–N with tert-alkyl or cyclic N) is 1. The highest BCUT2D eigenvalue weighted by Gasteiger charge is 2.25. The highest BCUT2D eigenvalue weighted by atomic mass is 16.5. The summed E-state index contributed by atoms with van der Waals surface area (Å²) in [6.07, 6.45) is -0.238. The smallest absolute Gasteiger partial charge is 0.118 e. The zero-order chi connectivity index (χ0) is 13.8. The number of benzene rings is 1. The molecule has 0 bridgehead atoms. The fraction of sp³-hybridized carbons (Fsp3) is 0.600. The lowest BCUT2D eigenvalue weighted by Crippen LogP contribution is -2.48. The summed E-state index contributed by atoms with van der Waals surface area (Å²) in [7, 11) is 1.64. The molecule has 1 aromatic carbocycles. The summed E-state index contributed by atoms with van der Waals surface area (Å²) in [4.78, 5) is 2.28. The average molecular weight is 265 g/mol. The van der Waals surface area contributed by atoms with Crippen LogP contribution in [0.4, 0.5) is 0 Å². The summed E-state index contributed by atoms with van der Waals surface area (Å²) in [5, 5.41) is 10.3. The first-order valence-electron chi connectivity index (χ1n) is 6.78. The van der Waals surface area contributed by atoms with Crippen LogP contribution in [0.15, 0.2) is 24.3 Å². The quantitative estimate of drug-likeness (QED) is 0.902. The zero-order valence-electron chi connectivity index (χ0n) is 11.9. The summed E-state index contributed by atoms with van der Waals surface area (Å²) in [6.45, 7) is 6.44. The Morgan fingerprint density at radius 1 is 1.37 bits per heavy atom. The Bertz CT molecular complexity index is 393. The summed E-state index contributed by atoms with van der Waals surface area (Å²) >= 11 is 0. The normalized spacial score (nSPS) is 26.1. The predicted molar refractivity (Wildman–Crippen MR) is 74.4 cm³/mol. The van der Waals surface area contributed by atoms with Gasteiger partial charge in [-0.3, -0.25) is 4.90 Å². The van der Waals surface area contributed by atoms with Crippen LogP contribution in [-0.4, -0.2) is 49.0 Å². The molecule has 1 aliphatic heterocycles. The first kappa shape index (κ1) is 14.3. The molecule has 3 atom stereocenters. The Balaban J connectivity index is 1.97. The number of hydrogen-bond donors (Lipinski definition) is 1. The van der Waals surface area contributed by atoms with Crippen molar-refractivity contribution in [3.63, 3.8) is 0 Å². The largest absolute Gasteiger partial charge is 0.497 e. The topological polar surface area (TPSA) is 41.9 Å². The molecular formula is C15H23NO3. The number of ether oxygens (including phenoxy) is 2. The van der Waals surface area contributed by atoms with Gasteiger partial charge < -0.3 is 14.6 Å². The Hall–Kier alpha value is -1.10. The molecule has 106 valence electrons. The Morgan fingerprint density at radius 2 is 2.05 bits per heavy atom. The zero-order valence-corrected chi connectivity index (χ0v) is 11.9. The molecule has 0 aromatic heterocycles. The molecule has 0 amide bonds. The minimum absolute atomic E-state index is 0.235. The first-order valence-corrected chi connectivity index (χ1v) is 6.78. The maximum atomic E-state index is 10.3. The third kappa shape index (κ3) is 3.69. The van der Waals surface area contributed by atoms with E-state index in [1.54, 1.807) is 7.11 Å². The van der Waals surface area contributed by atoms with E-state index in [-0.39, 0.29) is 6.10 Å². The predicted octanol–water partition coefficient (Wildman–Crippen LogP) is 1.84. The van der Waals surface area contributed by atoms with Crippen molar-refractivity contribution in [2.75, 3.05) is 26.8 Å². The number of methoxy groups -OCH3 is 1. The van der Waals surface area contributed by atoms with E-state index in [9.17, 15) is 5.11 Å². The Kier molecular flexibility index (Phi) is 4.80. The van der Waals surface area contributed by atoms with Gasteiger partial charge in [0.05, 0.1) is 25.9 Å². The molecule has 0 saturated carbocycles. The molecule has 1 fully saturated rings. The fourth-order valence-corrected chi connectivity index (χ4v) is 2.38. The lowest BCUT2D eigenvalue weighted by atomic mass is 10.1. The van der Waals surface area contributed by atoms with Crippen molar-refractivity contribution in [2.24, 2.45) is 0 Å². The molecule has 3 unspecified atom stereocenters. The number of rotatable bonds is 4. The summed E-state index contributed by atoms with van der Waals surface area (Å²) in [6, 6.07) is 7.94. The van der Waals surface area contributed by atoms with E-state index in [0.29, 0.717) is 12.6 Å². The lowest BCUT2D eigenvalue weighted by Gasteiger charge is -2.37. The van der Waals surface area contributed by atoms with Gasteiger partial charge in [-0.2, -0.15) is 0 Å². The number of aliphatic hydroxyl groups excluding tert-OH is 1. The summed E-state index contributed by atoms with van der Waals surface area (Å²) in [5.74, 6) is 0.810. The molecule has 0 spiro atoms. The molecule has 0 aliphatic carbocycles. The highest BCUT2D eigenvalue weighted by molar-refractivity contribution is 5.28. The number of aliphatic hydroxyl groups is 1. The Morgan fingerprint density at radius 3 is 2.68 bits per heavy atom. The van der Waals surface area contributed by atoms with Crippen molar-refractivity contribution < 1.29 is 14.6 Å². The molecule has 0 radical (unpaired) electrons. The second-order valence-corrected chi connectivity index (χ2v) is 5.24. The van der Waals surface area contributed by atoms with Gasteiger partial charge in [-0.25, -0.2) is 0 Å². The molecule has 4 heteroatoms. The van der Waals surface area contributed by atoms with Crippen LogP contribution < -0.4 is 4.74 Å². The molecule has 1 saturated heterocycles. The summed E-state index contributed by atoms with van der Waals surface area (Å²) < 4.78 is 10.7. The second-order valence-electron chi connectivity index (χ2n) is 5.24. The number of nitrogens with zero attached hydrogens (tertiary/aromatic N) is 1. The lowest BCUT2D eigenvalue weighted by molar-refractivity contribution is -0.0619. The molecule has 2 rings (SSSR count). The van der Waals surface area contributed by atoms with E-state index in [0.717, 1.165) is 24.5 Å². The van der Waals surface area contributed by atoms with Crippen molar-refractivity contribution in [1.82, 2.24) is 4.90 Å². The first-order chi connectivity index (χ1) is 9.10. The molecule has 4 nitrogen and oxygen atoms in total. The van der Waals surface area contributed by atoms with Crippen molar-refractivity contribution in [3.8, 4) is 5.75 Å². The van der Waals surface area contributed by atoms with Gasteiger partial charge in [-0.1, -0.05) is 12.1 Å². The third-order valence-electron chi connectivity index (χ3n) is 3.64. The summed E-state index contributed by atoms with van der Waals surface area (Å²) in [5.41, 5.74) is 0.923. The molecular weight excluding hydrogens is 242 g/mol. The van der Waals surface area contributed by atoms with Gasteiger partial charge in [0.15, 0.2) is 0 Å². The van der Waals surface area contributed by atoms with E-state index in [1.165, 1.54) is 0 Å². The minimum Gasteiger partial charge on any atom is -0.497 e. The average Bonchev–Trinajstić information content (AvgIpc) is 2.43. The number of hydrogen-bond acceptors (Lipinski definition) is 4. The minimum atomic E-state index is -0.473. The fourth-order valence-electron chi connectivity index (χ4n) is 2.38. The van der Waals surface area contributed by atoms with E-state index in [1.807, 2.05) is 24.3 Å². The van der Waals surface area contributed by atoms with E-state index in [4.69, 9.17) is 9.47 Å². The van der Waals surface area contributed by atoms with Crippen LogP contribution in [0.5, 0.6) is 5.75 Å². The van der Waals surface area contributed by atoms with Crippen LogP contribution in [0.25, 0.3) is 0 Å². The van der Waals surface area contributed by atoms with Crippen molar-refractivity contribution in [2.45, 2.75) is 32.1 Å². The van der Waals surface area contributed by atoms with Crippen LogP contribution in [0.1, 0.15) is 25.5 Å². The Labute approximate surface area is 114 Å². The van der Waals surface area contributed by atoms with Crippen molar-refractivity contribution in [3.05, 3.63) is 29.8 Å². The molecule has 1 aliphatic rings. The third-order valence-corrected chi connectivity index (χ3v) is 3.64. The molecule has 19 heavy (non-hydrogen) atoms. The molecule has 1 aromatic rings. The van der Waals surface area contributed by atoms with Gasteiger partial charge >= 0.3 is 0 Å².